The molecule has 0 saturated heterocycles. The normalized spacial score (nSPS) is 22.1. The van der Waals surface area contributed by atoms with Crippen LogP contribution in [0.25, 0.3) is 0 Å². The number of carboxylic acids is 1. The first-order chi connectivity index (χ1) is 8.94. The quantitative estimate of drug-likeness (QED) is 0.758. The highest BCUT2D eigenvalue weighted by Crippen LogP contribution is 2.30. The smallest absolute Gasteiger partial charge is 0.329 e. The van der Waals surface area contributed by atoms with Gasteiger partial charge in [0.25, 0.3) is 5.91 Å². The highest BCUT2D eigenvalue weighted by molar-refractivity contribution is 6.40. The lowest BCUT2D eigenvalue weighted by Gasteiger charge is -2.27. The van der Waals surface area contributed by atoms with Crippen LogP contribution >= 0.6 is 0 Å². The number of hydrogen-bond donors (Lipinski definition) is 2. The Balaban J connectivity index is 2.10. The van der Waals surface area contributed by atoms with Gasteiger partial charge in [-0.25, -0.2) is 9.80 Å². The number of hydrogen-bond acceptors (Lipinski definition) is 4. The number of aliphatic carboxylic acids is 1. The molecule has 2 aliphatic rings. The predicted molar refractivity (Wildman–Crippen MR) is 66.4 cm³/mol. The first kappa shape index (κ1) is 13.5. The second-order valence-electron chi connectivity index (χ2n) is 5.01. The largest absolute Gasteiger partial charge is 0.480 e. The van der Waals surface area contributed by atoms with Gasteiger partial charge in [-0.3, -0.25) is 9.59 Å². The van der Waals surface area contributed by atoms with Gasteiger partial charge in [-0.2, -0.15) is 5.10 Å². The Kier molecular flexibility index (Phi) is 3.55. The molecule has 1 heterocycles. The molecule has 7 nitrogen and oxygen atoms in total. The van der Waals surface area contributed by atoms with Gasteiger partial charge in [-0.1, -0.05) is 12.8 Å². The summed E-state index contributed by atoms with van der Waals surface area (Å²) in [4.78, 5) is 34.7. The van der Waals surface area contributed by atoms with Gasteiger partial charge in [-0.15, -0.1) is 0 Å². The molecule has 1 aliphatic carbocycles. The van der Waals surface area contributed by atoms with Crippen LogP contribution in [-0.4, -0.2) is 46.2 Å². The number of rotatable bonds is 3. The molecule has 1 saturated carbocycles. The Morgan fingerprint density at radius 2 is 1.95 bits per heavy atom. The number of amides is 2. The van der Waals surface area contributed by atoms with E-state index in [1.54, 1.807) is 0 Å². The number of carbonyl (C=O) groups is 3. The van der Waals surface area contributed by atoms with Crippen LogP contribution in [0.2, 0.25) is 0 Å². The molecule has 19 heavy (non-hydrogen) atoms. The maximum atomic E-state index is 12.1. The number of carboxylic acid groups (broad SMARTS) is 1. The molecule has 1 aliphatic heterocycles. The number of carbonyl (C=O) groups excluding carboxylic acids is 2. The lowest BCUT2D eigenvalue weighted by molar-refractivity contribution is -0.146. The summed E-state index contributed by atoms with van der Waals surface area (Å²) >= 11 is 0. The number of hydrazone groups is 1. The molecule has 0 aromatic rings. The molecule has 2 N–H and O–H groups in total. The van der Waals surface area contributed by atoms with Gasteiger partial charge in [0.1, 0.15) is 11.3 Å². The monoisotopic (exact) mass is 267 g/mol. The summed E-state index contributed by atoms with van der Waals surface area (Å²) < 4.78 is 0. The molecule has 0 aromatic carbocycles. The van der Waals surface area contributed by atoms with Crippen LogP contribution in [-0.2, 0) is 14.4 Å². The zero-order valence-electron chi connectivity index (χ0n) is 10.8. The zero-order chi connectivity index (χ0) is 14.0. The Bertz CT molecular complexity index is 452. The van der Waals surface area contributed by atoms with Crippen molar-refractivity contribution in [1.29, 1.82) is 0 Å². The third kappa shape index (κ3) is 2.59. The average Bonchev–Trinajstić information content (AvgIpc) is 2.82. The van der Waals surface area contributed by atoms with Gasteiger partial charge in [-0.05, 0) is 12.8 Å². The van der Waals surface area contributed by atoms with Gasteiger partial charge in [0.15, 0.2) is 0 Å². The lowest BCUT2D eigenvalue weighted by Crippen LogP contribution is -2.55. The molecule has 0 atom stereocenters. The van der Waals surface area contributed by atoms with E-state index in [4.69, 9.17) is 0 Å². The highest BCUT2D eigenvalue weighted by atomic mass is 16.4. The van der Waals surface area contributed by atoms with E-state index in [1.165, 1.54) is 7.05 Å². The Hall–Kier alpha value is -1.92. The van der Waals surface area contributed by atoms with Crippen molar-refractivity contribution in [3.8, 4) is 0 Å². The minimum Gasteiger partial charge on any atom is -0.480 e. The van der Waals surface area contributed by atoms with Crippen LogP contribution < -0.4 is 5.32 Å². The predicted octanol–water partition coefficient (Wildman–Crippen LogP) is 0.108. The summed E-state index contributed by atoms with van der Waals surface area (Å²) in [5, 5.41) is 16.9. The van der Waals surface area contributed by atoms with Gasteiger partial charge < -0.3 is 10.4 Å². The maximum Gasteiger partial charge on any atom is 0.329 e. The van der Waals surface area contributed by atoms with Gasteiger partial charge in [0, 0.05) is 19.9 Å². The van der Waals surface area contributed by atoms with E-state index in [0.29, 0.717) is 12.8 Å². The lowest BCUT2D eigenvalue weighted by atomic mass is 9.97. The summed E-state index contributed by atoms with van der Waals surface area (Å²) in [5.41, 5.74) is -0.950. The van der Waals surface area contributed by atoms with Crippen LogP contribution in [0.3, 0.4) is 0 Å². The van der Waals surface area contributed by atoms with Gasteiger partial charge >= 0.3 is 5.97 Å². The molecule has 0 bridgehead atoms. The van der Waals surface area contributed by atoms with E-state index in [9.17, 15) is 19.5 Å². The minimum atomic E-state index is -1.17. The van der Waals surface area contributed by atoms with E-state index < -0.39 is 17.4 Å². The molecule has 7 heteroatoms. The third-order valence-electron chi connectivity index (χ3n) is 3.69. The molecular weight excluding hydrogens is 250 g/mol. The van der Waals surface area contributed by atoms with Crippen LogP contribution in [0.15, 0.2) is 5.10 Å². The molecule has 2 rings (SSSR count). The molecule has 0 radical (unpaired) electrons. The van der Waals surface area contributed by atoms with Crippen LogP contribution in [0, 0.1) is 0 Å². The van der Waals surface area contributed by atoms with E-state index in [2.05, 4.69) is 10.4 Å². The molecule has 104 valence electrons. The van der Waals surface area contributed by atoms with Gasteiger partial charge in [0.05, 0.1) is 0 Å². The van der Waals surface area contributed by atoms with Crippen LogP contribution in [0.4, 0.5) is 0 Å². The summed E-state index contributed by atoms with van der Waals surface area (Å²) in [6.07, 6.45) is 2.94. The number of nitrogens with one attached hydrogen (secondary N) is 1. The fourth-order valence-electron chi connectivity index (χ4n) is 2.49. The van der Waals surface area contributed by atoms with Crippen molar-refractivity contribution in [3.05, 3.63) is 0 Å². The standard InChI is InChI=1S/C12H17N3O4/c1-15-9(16)5-4-8(14-15)10(17)13-12(11(18)19)6-2-3-7-12/h2-7H2,1H3,(H,13,17)(H,18,19). The van der Waals surface area contributed by atoms with Gasteiger partial charge in [0.2, 0.25) is 5.91 Å². The Morgan fingerprint density at radius 3 is 2.47 bits per heavy atom. The average molecular weight is 267 g/mol. The van der Waals surface area contributed by atoms with Crippen molar-refractivity contribution >= 4 is 23.5 Å². The Morgan fingerprint density at radius 1 is 1.32 bits per heavy atom. The maximum absolute atomic E-state index is 12.1. The molecule has 0 spiro atoms. The summed E-state index contributed by atoms with van der Waals surface area (Å²) in [5.74, 6) is -1.63. The zero-order valence-corrected chi connectivity index (χ0v) is 10.8. The van der Waals surface area contributed by atoms with E-state index in [1.807, 2.05) is 0 Å². The molecule has 0 aromatic heterocycles. The molecular formula is C12H17N3O4. The van der Waals surface area contributed by atoms with Crippen molar-refractivity contribution in [3.63, 3.8) is 0 Å². The highest BCUT2D eigenvalue weighted by Gasteiger charge is 2.43. The third-order valence-corrected chi connectivity index (χ3v) is 3.69. The van der Waals surface area contributed by atoms with E-state index in [0.717, 1.165) is 17.9 Å². The first-order valence-electron chi connectivity index (χ1n) is 6.34. The van der Waals surface area contributed by atoms with Crippen molar-refractivity contribution in [2.24, 2.45) is 5.10 Å². The molecule has 0 unspecified atom stereocenters. The van der Waals surface area contributed by atoms with E-state index >= 15 is 0 Å². The second-order valence-corrected chi connectivity index (χ2v) is 5.01. The fourth-order valence-corrected chi connectivity index (χ4v) is 2.49. The molecule has 1 fully saturated rings. The van der Waals surface area contributed by atoms with Crippen LogP contribution in [0.1, 0.15) is 38.5 Å². The summed E-state index contributed by atoms with van der Waals surface area (Å²) in [6, 6.07) is 0. The van der Waals surface area contributed by atoms with Crippen molar-refractivity contribution < 1.29 is 19.5 Å². The number of nitrogens with zero attached hydrogens (tertiary/aromatic N) is 2. The van der Waals surface area contributed by atoms with Crippen molar-refractivity contribution in [2.75, 3.05) is 7.05 Å². The van der Waals surface area contributed by atoms with Crippen LogP contribution in [0.5, 0.6) is 0 Å². The van der Waals surface area contributed by atoms with Crippen molar-refractivity contribution in [1.82, 2.24) is 10.3 Å². The summed E-state index contributed by atoms with van der Waals surface area (Å²) in [7, 11) is 1.48. The topological polar surface area (TPSA) is 99.1 Å². The van der Waals surface area contributed by atoms with Crippen molar-refractivity contribution in [2.45, 2.75) is 44.1 Å². The summed E-state index contributed by atoms with van der Waals surface area (Å²) in [6.45, 7) is 0. The Labute approximate surface area is 110 Å². The first-order valence-corrected chi connectivity index (χ1v) is 6.34. The SMILES string of the molecule is CN1N=C(C(=O)NC2(C(=O)O)CCCC2)CCC1=O. The minimum absolute atomic E-state index is 0.148. The van der Waals surface area contributed by atoms with E-state index in [-0.39, 0.29) is 24.5 Å². The fraction of sp³-hybridized carbons (Fsp3) is 0.667. The second kappa shape index (κ2) is 4.99. The molecule has 2 amide bonds.